The van der Waals surface area contributed by atoms with E-state index < -0.39 is 0 Å². The van der Waals surface area contributed by atoms with Gasteiger partial charge in [0.2, 0.25) is 5.91 Å². The number of nitrogens with one attached hydrogen (secondary N) is 1. The second-order valence-corrected chi connectivity index (χ2v) is 10.5. The Morgan fingerprint density at radius 1 is 0.946 bits per heavy atom. The van der Waals surface area contributed by atoms with E-state index in [0.29, 0.717) is 6.42 Å². The van der Waals surface area contributed by atoms with Gasteiger partial charge in [0.1, 0.15) is 0 Å². The van der Waals surface area contributed by atoms with Gasteiger partial charge in [0, 0.05) is 18.5 Å². The number of benzene rings is 1. The first-order valence-electron chi connectivity index (χ1n) is 14.9. The molecule has 1 amide bonds. The molecule has 4 N–H and O–H groups in total. The topological polar surface area (TPSA) is 75.3 Å². The molecule has 37 heavy (non-hydrogen) atoms. The number of carbonyl (C=O) groups is 1. The minimum absolute atomic E-state index is 0. The molecule has 214 valence electrons. The SMILES string of the molecule is CCCCCCC(O)C/C=C\CCCCCCCC(=O)NCCCc1ccccc1C(N)(CC)CC.Cl. The van der Waals surface area contributed by atoms with Crippen LogP contribution in [0.4, 0.5) is 0 Å². The molecule has 1 rings (SSSR count). The molecular weight excluding hydrogens is 480 g/mol. The number of halogens is 1. The average molecular weight is 537 g/mol. The predicted octanol–water partition coefficient (Wildman–Crippen LogP) is 8.14. The lowest BCUT2D eigenvalue weighted by Crippen LogP contribution is -2.36. The summed E-state index contributed by atoms with van der Waals surface area (Å²) in [6, 6.07) is 8.50. The van der Waals surface area contributed by atoms with Gasteiger partial charge < -0.3 is 16.2 Å². The molecule has 1 aromatic carbocycles. The summed E-state index contributed by atoms with van der Waals surface area (Å²) in [6.07, 6.45) is 22.0. The summed E-state index contributed by atoms with van der Waals surface area (Å²) in [5.74, 6) is 0.176. The number of rotatable bonds is 22. The van der Waals surface area contributed by atoms with Gasteiger partial charge in [-0.25, -0.2) is 0 Å². The summed E-state index contributed by atoms with van der Waals surface area (Å²) in [5, 5.41) is 13.1. The molecule has 0 aliphatic rings. The van der Waals surface area contributed by atoms with Crippen LogP contribution < -0.4 is 11.1 Å². The van der Waals surface area contributed by atoms with Crippen LogP contribution in [0.5, 0.6) is 0 Å². The fraction of sp³-hybridized carbons (Fsp3) is 0.719. The molecule has 1 unspecified atom stereocenters. The normalized spacial score (nSPS) is 12.5. The van der Waals surface area contributed by atoms with Gasteiger partial charge >= 0.3 is 0 Å². The molecule has 1 aromatic rings. The van der Waals surface area contributed by atoms with Gasteiger partial charge in [-0.05, 0) is 68.9 Å². The van der Waals surface area contributed by atoms with Crippen molar-refractivity contribution in [1.29, 1.82) is 0 Å². The molecular formula is C32H57ClN2O2. The van der Waals surface area contributed by atoms with E-state index in [1.165, 1.54) is 49.7 Å². The predicted molar refractivity (Wildman–Crippen MR) is 162 cm³/mol. The maximum Gasteiger partial charge on any atom is 0.219 e. The van der Waals surface area contributed by atoms with Gasteiger partial charge in [0.05, 0.1) is 6.10 Å². The zero-order chi connectivity index (χ0) is 26.5. The lowest BCUT2D eigenvalue weighted by molar-refractivity contribution is -0.121. The first-order chi connectivity index (χ1) is 17.5. The average Bonchev–Trinajstić information content (AvgIpc) is 2.90. The molecule has 0 fully saturated rings. The van der Waals surface area contributed by atoms with Crippen molar-refractivity contribution in [2.24, 2.45) is 5.73 Å². The maximum atomic E-state index is 12.2. The molecule has 0 spiro atoms. The largest absolute Gasteiger partial charge is 0.393 e. The van der Waals surface area contributed by atoms with Crippen LogP contribution in [0.15, 0.2) is 36.4 Å². The third-order valence-electron chi connectivity index (χ3n) is 7.50. The first kappa shape index (κ1) is 35.6. The lowest BCUT2D eigenvalue weighted by Gasteiger charge is -2.29. The monoisotopic (exact) mass is 536 g/mol. The highest BCUT2D eigenvalue weighted by Crippen LogP contribution is 2.29. The van der Waals surface area contributed by atoms with E-state index in [9.17, 15) is 9.90 Å². The van der Waals surface area contributed by atoms with Crippen LogP contribution in [-0.4, -0.2) is 23.7 Å². The highest BCUT2D eigenvalue weighted by Gasteiger charge is 2.25. The van der Waals surface area contributed by atoms with Crippen LogP contribution in [0.1, 0.15) is 135 Å². The Morgan fingerprint density at radius 3 is 2.35 bits per heavy atom. The van der Waals surface area contributed by atoms with Crippen molar-refractivity contribution in [1.82, 2.24) is 5.32 Å². The van der Waals surface area contributed by atoms with E-state index in [2.05, 4.69) is 62.5 Å². The lowest BCUT2D eigenvalue weighted by atomic mass is 9.82. The smallest absolute Gasteiger partial charge is 0.219 e. The Bertz CT molecular complexity index is 718. The number of hydrogen-bond donors (Lipinski definition) is 3. The molecule has 0 saturated heterocycles. The third-order valence-corrected chi connectivity index (χ3v) is 7.50. The van der Waals surface area contributed by atoms with Crippen LogP contribution in [0.3, 0.4) is 0 Å². The Balaban J connectivity index is 0.0000130. The number of aryl methyl sites for hydroxylation is 1. The fourth-order valence-electron chi connectivity index (χ4n) is 4.82. The van der Waals surface area contributed by atoms with E-state index >= 15 is 0 Å². The molecule has 0 saturated carbocycles. The molecule has 0 aliphatic heterocycles. The molecule has 0 aromatic heterocycles. The van der Waals surface area contributed by atoms with Crippen molar-refractivity contribution in [3.8, 4) is 0 Å². The number of carbonyl (C=O) groups excluding carboxylic acids is 1. The van der Waals surface area contributed by atoms with Gasteiger partial charge in [-0.1, -0.05) is 102 Å². The van der Waals surface area contributed by atoms with E-state index in [1.807, 2.05) is 0 Å². The van der Waals surface area contributed by atoms with Gasteiger partial charge in [-0.15, -0.1) is 12.4 Å². The van der Waals surface area contributed by atoms with E-state index in [-0.39, 0.29) is 30.0 Å². The number of allylic oxidation sites excluding steroid dienone is 1. The van der Waals surface area contributed by atoms with Crippen molar-refractivity contribution in [2.45, 2.75) is 142 Å². The number of aliphatic hydroxyl groups is 1. The number of aliphatic hydroxyl groups excluding tert-OH is 1. The van der Waals surface area contributed by atoms with E-state index in [0.717, 1.165) is 70.8 Å². The van der Waals surface area contributed by atoms with Crippen molar-refractivity contribution in [3.05, 3.63) is 47.5 Å². The van der Waals surface area contributed by atoms with Crippen molar-refractivity contribution in [3.63, 3.8) is 0 Å². The Kier molecular flexibility index (Phi) is 21.8. The highest BCUT2D eigenvalue weighted by atomic mass is 35.5. The molecule has 1 atom stereocenters. The summed E-state index contributed by atoms with van der Waals surface area (Å²) < 4.78 is 0. The van der Waals surface area contributed by atoms with Gasteiger partial charge in [-0.2, -0.15) is 0 Å². The standard InChI is InChI=1S/C32H56N2O2.ClH/c1-4-7-8-15-23-29(35)24-16-13-11-9-10-12-14-17-26-31(36)34-27-20-22-28-21-18-19-25-30(28)32(33,5-2)6-3;/h13,16,18-19,21,25,29,35H,4-12,14-15,17,20,22-24,26-27,33H2,1-3H3,(H,34,36);1H/b16-13-;. The number of amides is 1. The van der Waals surface area contributed by atoms with Crippen LogP contribution >= 0.6 is 12.4 Å². The van der Waals surface area contributed by atoms with Crippen LogP contribution in [-0.2, 0) is 16.8 Å². The van der Waals surface area contributed by atoms with Crippen LogP contribution in [0, 0.1) is 0 Å². The van der Waals surface area contributed by atoms with Gasteiger partial charge in [0.15, 0.2) is 0 Å². The summed E-state index contributed by atoms with van der Waals surface area (Å²) in [5.41, 5.74) is 8.95. The van der Waals surface area contributed by atoms with Crippen molar-refractivity contribution in [2.75, 3.05) is 6.54 Å². The Hall–Kier alpha value is -1.36. The number of nitrogens with two attached hydrogens (primary N) is 1. The van der Waals surface area contributed by atoms with Crippen molar-refractivity contribution >= 4 is 18.3 Å². The van der Waals surface area contributed by atoms with Crippen LogP contribution in [0.2, 0.25) is 0 Å². The summed E-state index contributed by atoms with van der Waals surface area (Å²) >= 11 is 0. The number of unbranched alkanes of at least 4 members (excludes halogenated alkanes) is 8. The molecule has 4 nitrogen and oxygen atoms in total. The highest BCUT2D eigenvalue weighted by molar-refractivity contribution is 5.85. The first-order valence-corrected chi connectivity index (χ1v) is 14.9. The van der Waals surface area contributed by atoms with Crippen LogP contribution in [0.25, 0.3) is 0 Å². The molecule has 0 radical (unpaired) electrons. The molecule has 0 aliphatic carbocycles. The minimum Gasteiger partial charge on any atom is -0.393 e. The third kappa shape index (κ3) is 16.3. The zero-order valence-electron chi connectivity index (χ0n) is 24.1. The molecule has 0 heterocycles. The van der Waals surface area contributed by atoms with Gasteiger partial charge in [0.25, 0.3) is 0 Å². The molecule has 0 bridgehead atoms. The second-order valence-electron chi connectivity index (χ2n) is 10.5. The second kappa shape index (κ2) is 22.6. The summed E-state index contributed by atoms with van der Waals surface area (Å²) in [6.45, 7) is 7.25. The Labute approximate surface area is 234 Å². The fourth-order valence-corrected chi connectivity index (χ4v) is 4.82. The zero-order valence-corrected chi connectivity index (χ0v) is 24.9. The number of hydrogen-bond acceptors (Lipinski definition) is 3. The van der Waals surface area contributed by atoms with E-state index in [4.69, 9.17) is 5.73 Å². The maximum absolute atomic E-state index is 12.2. The Morgan fingerprint density at radius 2 is 1.62 bits per heavy atom. The van der Waals surface area contributed by atoms with Crippen molar-refractivity contribution < 1.29 is 9.90 Å². The summed E-state index contributed by atoms with van der Waals surface area (Å²) in [7, 11) is 0. The minimum atomic E-state index is -0.258. The quantitative estimate of drug-likeness (QED) is 0.103. The van der Waals surface area contributed by atoms with Gasteiger partial charge in [-0.3, -0.25) is 4.79 Å². The summed E-state index contributed by atoms with van der Waals surface area (Å²) in [4.78, 5) is 12.2. The van der Waals surface area contributed by atoms with E-state index in [1.54, 1.807) is 0 Å². The molecule has 5 heteroatoms.